The van der Waals surface area contributed by atoms with E-state index in [9.17, 15) is 9.59 Å². The number of carbonyl (C=O) groups is 2. The summed E-state index contributed by atoms with van der Waals surface area (Å²) in [6.07, 6.45) is 5.58. The van der Waals surface area contributed by atoms with Crippen LogP contribution >= 0.6 is 0 Å². The predicted molar refractivity (Wildman–Crippen MR) is 57.4 cm³/mol. The van der Waals surface area contributed by atoms with Crippen molar-refractivity contribution in [1.29, 1.82) is 0 Å². The minimum atomic E-state index is 0.0602. The van der Waals surface area contributed by atoms with Gasteiger partial charge in [0.2, 0.25) is 5.91 Å². The molecular weight excluding hydrogens is 190 g/mol. The number of nitrogens with zero attached hydrogens (tertiary/aromatic N) is 1. The third-order valence-electron chi connectivity index (χ3n) is 3.77. The highest BCUT2D eigenvalue weighted by atomic mass is 16.2. The topological polar surface area (TPSA) is 37.4 Å². The quantitative estimate of drug-likeness (QED) is 0.617. The molecule has 1 aliphatic carbocycles. The lowest BCUT2D eigenvalue weighted by Gasteiger charge is -2.40. The minimum absolute atomic E-state index is 0.0602. The Bertz CT molecular complexity index is 275. The van der Waals surface area contributed by atoms with Crippen molar-refractivity contribution in [2.24, 2.45) is 5.92 Å². The molecule has 3 heteroatoms. The van der Waals surface area contributed by atoms with Gasteiger partial charge in [-0.25, -0.2) is 0 Å². The van der Waals surface area contributed by atoms with Gasteiger partial charge in [0.15, 0.2) is 0 Å². The molecule has 2 unspecified atom stereocenters. The summed E-state index contributed by atoms with van der Waals surface area (Å²) in [5.74, 6) is 0.778. The Balaban J connectivity index is 2.02. The van der Waals surface area contributed by atoms with E-state index in [-0.39, 0.29) is 18.1 Å². The van der Waals surface area contributed by atoms with Gasteiger partial charge in [0, 0.05) is 19.0 Å². The molecule has 2 atom stereocenters. The molecule has 15 heavy (non-hydrogen) atoms. The van der Waals surface area contributed by atoms with Crippen LogP contribution in [0.2, 0.25) is 0 Å². The maximum atomic E-state index is 11.8. The van der Waals surface area contributed by atoms with E-state index in [2.05, 4.69) is 6.92 Å². The molecule has 1 amide bonds. The molecule has 84 valence electrons. The summed E-state index contributed by atoms with van der Waals surface area (Å²) in [6, 6.07) is 0.402. The molecule has 0 aromatic rings. The van der Waals surface area contributed by atoms with Gasteiger partial charge in [-0.15, -0.1) is 0 Å². The molecule has 1 aliphatic heterocycles. The zero-order valence-electron chi connectivity index (χ0n) is 9.37. The Hall–Kier alpha value is -0.860. The van der Waals surface area contributed by atoms with E-state index in [0.717, 1.165) is 6.42 Å². The molecule has 0 aromatic heterocycles. The number of hydrogen-bond acceptors (Lipinski definition) is 2. The molecule has 2 aliphatic rings. The van der Waals surface area contributed by atoms with E-state index in [4.69, 9.17) is 0 Å². The SMILES string of the molecule is CC1CCCCC1N1CCC(=O)CC1=O. The lowest BCUT2D eigenvalue weighted by molar-refractivity contribution is -0.143. The normalized spacial score (nSPS) is 33.3. The van der Waals surface area contributed by atoms with Gasteiger partial charge in [-0.1, -0.05) is 19.8 Å². The molecule has 0 spiro atoms. The third-order valence-corrected chi connectivity index (χ3v) is 3.77. The molecule has 0 aromatic carbocycles. The highest BCUT2D eigenvalue weighted by Crippen LogP contribution is 2.29. The maximum Gasteiger partial charge on any atom is 0.230 e. The van der Waals surface area contributed by atoms with Gasteiger partial charge in [0.25, 0.3) is 0 Å². The van der Waals surface area contributed by atoms with Crippen molar-refractivity contribution >= 4 is 11.7 Å². The molecule has 2 fully saturated rings. The van der Waals surface area contributed by atoms with Crippen LogP contribution in [0.15, 0.2) is 0 Å². The van der Waals surface area contributed by atoms with E-state index in [1.165, 1.54) is 19.3 Å². The van der Waals surface area contributed by atoms with Crippen LogP contribution in [0.1, 0.15) is 45.4 Å². The average Bonchev–Trinajstić information content (AvgIpc) is 2.20. The summed E-state index contributed by atoms with van der Waals surface area (Å²) < 4.78 is 0. The van der Waals surface area contributed by atoms with E-state index in [1.807, 2.05) is 4.90 Å². The number of rotatable bonds is 1. The lowest BCUT2D eigenvalue weighted by atomic mass is 9.84. The van der Waals surface area contributed by atoms with Crippen molar-refractivity contribution in [2.75, 3.05) is 6.54 Å². The maximum absolute atomic E-state index is 11.8. The number of piperidine rings is 1. The van der Waals surface area contributed by atoms with Crippen LogP contribution in [0.3, 0.4) is 0 Å². The molecule has 1 saturated carbocycles. The van der Waals surface area contributed by atoms with Crippen molar-refractivity contribution in [3.63, 3.8) is 0 Å². The van der Waals surface area contributed by atoms with E-state index >= 15 is 0 Å². The van der Waals surface area contributed by atoms with Crippen molar-refractivity contribution < 1.29 is 9.59 Å². The van der Waals surface area contributed by atoms with Gasteiger partial charge < -0.3 is 4.90 Å². The van der Waals surface area contributed by atoms with E-state index < -0.39 is 0 Å². The van der Waals surface area contributed by atoms with Crippen LogP contribution in [-0.4, -0.2) is 29.2 Å². The number of hydrogen-bond donors (Lipinski definition) is 0. The largest absolute Gasteiger partial charge is 0.339 e. The summed E-state index contributed by atoms with van der Waals surface area (Å²) in [4.78, 5) is 24.9. The summed E-state index contributed by atoms with van der Waals surface area (Å²) in [5, 5.41) is 0. The van der Waals surface area contributed by atoms with Gasteiger partial charge in [-0.05, 0) is 18.8 Å². The Morgan fingerprint density at radius 3 is 2.60 bits per heavy atom. The zero-order valence-corrected chi connectivity index (χ0v) is 9.37. The number of amides is 1. The van der Waals surface area contributed by atoms with Crippen LogP contribution in [0.4, 0.5) is 0 Å². The Morgan fingerprint density at radius 2 is 1.93 bits per heavy atom. The first-order valence-corrected chi connectivity index (χ1v) is 5.99. The van der Waals surface area contributed by atoms with Gasteiger partial charge in [0.1, 0.15) is 5.78 Å². The summed E-state index contributed by atoms with van der Waals surface area (Å²) >= 11 is 0. The Labute approximate surface area is 90.8 Å². The molecule has 1 heterocycles. The van der Waals surface area contributed by atoms with Crippen molar-refractivity contribution in [1.82, 2.24) is 4.90 Å². The second-order valence-corrected chi connectivity index (χ2v) is 4.88. The first-order chi connectivity index (χ1) is 7.18. The molecule has 2 rings (SSSR count). The van der Waals surface area contributed by atoms with Crippen molar-refractivity contribution in [2.45, 2.75) is 51.5 Å². The highest BCUT2D eigenvalue weighted by Gasteiger charge is 2.33. The van der Waals surface area contributed by atoms with Gasteiger partial charge in [-0.2, -0.15) is 0 Å². The van der Waals surface area contributed by atoms with E-state index in [1.54, 1.807) is 0 Å². The van der Waals surface area contributed by atoms with Gasteiger partial charge in [0.05, 0.1) is 6.42 Å². The number of ketones is 1. The fourth-order valence-electron chi connectivity index (χ4n) is 2.84. The summed E-state index contributed by atoms with van der Waals surface area (Å²) in [5.41, 5.74) is 0. The molecule has 0 N–H and O–H groups in total. The van der Waals surface area contributed by atoms with Crippen molar-refractivity contribution in [3.8, 4) is 0 Å². The smallest absolute Gasteiger partial charge is 0.230 e. The number of carbonyl (C=O) groups excluding carboxylic acids is 2. The lowest BCUT2D eigenvalue weighted by Crippen LogP contribution is -2.49. The fourth-order valence-corrected chi connectivity index (χ4v) is 2.84. The first-order valence-electron chi connectivity index (χ1n) is 5.99. The monoisotopic (exact) mass is 209 g/mol. The fraction of sp³-hybridized carbons (Fsp3) is 0.833. The summed E-state index contributed by atoms with van der Waals surface area (Å²) in [7, 11) is 0. The highest BCUT2D eigenvalue weighted by molar-refractivity contribution is 6.00. The average molecular weight is 209 g/mol. The molecule has 0 bridgehead atoms. The molecule has 1 saturated heterocycles. The minimum Gasteiger partial charge on any atom is -0.339 e. The Morgan fingerprint density at radius 1 is 1.20 bits per heavy atom. The first kappa shape index (κ1) is 10.7. The van der Waals surface area contributed by atoms with Gasteiger partial charge >= 0.3 is 0 Å². The van der Waals surface area contributed by atoms with Crippen molar-refractivity contribution in [3.05, 3.63) is 0 Å². The van der Waals surface area contributed by atoms with Crippen LogP contribution in [0, 0.1) is 5.92 Å². The summed E-state index contributed by atoms with van der Waals surface area (Å²) in [6.45, 7) is 2.89. The van der Waals surface area contributed by atoms with Crippen LogP contribution in [0.5, 0.6) is 0 Å². The second-order valence-electron chi connectivity index (χ2n) is 4.88. The molecule has 3 nitrogen and oxygen atoms in total. The number of likely N-dealkylation sites (tertiary alicyclic amines) is 1. The molecular formula is C12H19NO2. The molecule has 0 radical (unpaired) electrons. The number of Topliss-reactive ketones (excluding diaryl/α,β-unsaturated/α-hetero) is 1. The predicted octanol–water partition coefficient (Wildman–Crippen LogP) is 1.76. The third kappa shape index (κ3) is 2.21. The van der Waals surface area contributed by atoms with Crippen LogP contribution in [-0.2, 0) is 9.59 Å². The van der Waals surface area contributed by atoms with E-state index in [0.29, 0.717) is 24.9 Å². The standard InChI is InChI=1S/C12H19NO2/c1-9-4-2-3-5-11(9)13-7-6-10(14)8-12(13)15/h9,11H,2-8H2,1H3. The van der Waals surface area contributed by atoms with Crippen LogP contribution < -0.4 is 0 Å². The zero-order chi connectivity index (χ0) is 10.8. The van der Waals surface area contributed by atoms with Gasteiger partial charge in [-0.3, -0.25) is 9.59 Å². The van der Waals surface area contributed by atoms with Crippen LogP contribution in [0.25, 0.3) is 0 Å². The second kappa shape index (κ2) is 4.33. The Kier molecular flexibility index (Phi) is 3.08.